The lowest BCUT2D eigenvalue weighted by Crippen LogP contribution is -2.42. The fraction of sp³-hybridized carbons (Fsp3) is 0.400. The van der Waals surface area contributed by atoms with Crippen LogP contribution in [0.1, 0.15) is 47.4 Å². The van der Waals surface area contributed by atoms with E-state index >= 15 is 0 Å². The van der Waals surface area contributed by atoms with Crippen LogP contribution in [0.3, 0.4) is 0 Å². The first-order chi connectivity index (χ1) is 10.4. The summed E-state index contributed by atoms with van der Waals surface area (Å²) in [6, 6.07) is 18.8. The van der Waals surface area contributed by atoms with Crippen LogP contribution in [0, 0.1) is 0 Å². The van der Waals surface area contributed by atoms with Crippen molar-refractivity contribution >= 4 is 0 Å². The van der Waals surface area contributed by atoms with Crippen molar-refractivity contribution in [1.29, 1.82) is 0 Å². The standard InChI is InChI=1S/C20H23N/c1-2-5-15(6-3-1)13-16-8-10-18-17(14-16)9-11-20-19(18)7-4-12-21-20/h1-3,5-6,8,10,14,19-21H,4,7,9,11-13H2. The molecule has 0 amide bonds. The lowest BCUT2D eigenvalue weighted by atomic mass is 9.75. The van der Waals surface area contributed by atoms with Crippen molar-refractivity contribution in [2.45, 2.75) is 44.1 Å². The molecule has 0 aromatic heterocycles. The van der Waals surface area contributed by atoms with E-state index < -0.39 is 0 Å². The largest absolute Gasteiger partial charge is 0.313 e. The highest BCUT2D eigenvalue weighted by atomic mass is 14.9. The summed E-state index contributed by atoms with van der Waals surface area (Å²) in [6.45, 7) is 1.21. The Balaban J connectivity index is 1.60. The first-order valence-electron chi connectivity index (χ1n) is 8.29. The lowest BCUT2D eigenvalue weighted by Gasteiger charge is -2.38. The Morgan fingerprint density at radius 2 is 1.86 bits per heavy atom. The molecular weight excluding hydrogens is 254 g/mol. The average molecular weight is 277 g/mol. The second-order valence-corrected chi connectivity index (χ2v) is 6.54. The van der Waals surface area contributed by atoms with Crippen LogP contribution in [0.5, 0.6) is 0 Å². The van der Waals surface area contributed by atoms with Crippen molar-refractivity contribution in [2.24, 2.45) is 0 Å². The summed E-state index contributed by atoms with van der Waals surface area (Å²) >= 11 is 0. The second kappa shape index (κ2) is 5.65. The van der Waals surface area contributed by atoms with Gasteiger partial charge in [-0.05, 0) is 66.8 Å². The molecular formula is C20H23N. The van der Waals surface area contributed by atoms with Gasteiger partial charge in [-0.15, -0.1) is 0 Å². The molecule has 0 bridgehead atoms. The topological polar surface area (TPSA) is 12.0 Å². The van der Waals surface area contributed by atoms with E-state index in [0.717, 1.165) is 18.4 Å². The Hall–Kier alpha value is -1.60. The summed E-state index contributed by atoms with van der Waals surface area (Å²) in [4.78, 5) is 0. The minimum atomic E-state index is 0.728. The zero-order chi connectivity index (χ0) is 14.1. The van der Waals surface area contributed by atoms with Crippen molar-refractivity contribution in [1.82, 2.24) is 5.32 Å². The van der Waals surface area contributed by atoms with Crippen LogP contribution in [0.4, 0.5) is 0 Å². The van der Waals surface area contributed by atoms with Gasteiger partial charge in [-0.3, -0.25) is 0 Å². The molecule has 0 saturated carbocycles. The molecule has 1 saturated heterocycles. The van der Waals surface area contributed by atoms with E-state index in [0.29, 0.717) is 0 Å². The Morgan fingerprint density at radius 3 is 2.76 bits per heavy atom. The molecule has 1 N–H and O–H groups in total. The highest BCUT2D eigenvalue weighted by molar-refractivity contribution is 5.39. The summed E-state index contributed by atoms with van der Waals surface area (Å²) in [5.41, 5.74) is 6.09. The average Bonchev–Trinajstić information content (AvgIpc) is 2.55. The maximum atomic E-state index is 3.72. The molecule has 108 valence electrons. The van der Waals surface area contributed by atoms with E-state index in [1.54, 1.807) is 11.1 Å². The van der Waals surface area contributed by atoms with Crippen molar-refractivity contribution in [3.8, 4) is 0 Å². The van der Waals surface area contributed by atoms with Gasteiger partial charge in [0, 0.05) is 6.04 Å². The van der Waals surface area contributed by atoms with Gasteiger partial charge in [0.1, 0.15) is 0 Å². The van der Waals surface area contributed by atoms with Gasteiger partial charge in [0.05, 0.1) is 0 Å². The third-order valence-electron chi connectivity index (χ3n) is 5.17. The van der Waals surface area contributed by atoms with Crippen LogP contribution in [-0.4, -0.2) is 12.6 Å². The number of piperidine rings is 1. The fourth-order valence-electron chi connectivity index (χ4n) is 4.12. The summed E-state index contributed by atoms with van der Waals surface area (Å²) in [5.74, 6) is 0.758. The minimum absolute atomic E-state index is 0.728. The molecule has 0 radical (unpaired) electrons. The first-order valence-corrected chi connectivity index (χ1v) is 8.29. The van der Waals surface area contributed by atoms with E-state index in [1.807, 2.05) is 0 Å². The van der Waals surface area contributed by atoms with Gasteiger partial charge in [-0.1, -0.05) is 48.5 Å². The molecule has 2 aromatic rings. The van der Waals surface area contributed by atoms with Gasteiger partial charge in [0.2, 0.25) is 0 Å². The van der Waals surface area contributed by atoms with Crippen molar-refractivity contribution in [2.75, 3.05) is 6.54 Å². The summed E-state index contributed by atoms with van der Waals surface area (Å²) in [7, 11) is 0. The minimum Gasteiger partial charge on any atom is -0.313 e. The number of nitrogens with one attached hydrogen (secondary N) is 1. The van der Waals surface area contributed by atoms with Crippen molar-refractivity contribution < 1.29 is 0 Å². The van der Waals surface area contributed by atoms with Gasteiger partial charge in [0.25, 0.3) is 0 Å². The van der Waals surface area contributed by atoms with Crippen LogP contribution in [0.25, 0.3) is 0 Å². The molecule has 2 unspecified atom stereocenters. The highest BCUT2D eigenvalue weighted by Gasteiger charge is 2.31. The quantitative estimate of drug-likeness (QED) is 0.873. The molecule has 1 fully saturated rings. The van der Waals surface area contributed by atoms with Gasteiger partial charge in [-0.25, -0.2) is 0 Å². The SMILES string of the molecule is c1ccc(Cc2ccc3c(c2)CCC2NCCCC32)cc1. The fourth-order valence-corrected chi connectivity index (χ4v) is 4.12. The molecule has 1 heteroatoms. The third-order valence-corrected chi connectivity index (χ3v) is 5.17. The van der Waals surface area contributed by atoms with E-state index in [2.05, 4.69) is 53.8 Å². The number of hydrogen-bond acceptors (Lipinski definition) is 1. The highest BCUT2D eigenvalue weighted by Crippen LogP contribution is 2.37. The molecule has 0 spiro atoms. The molecule has 2 aliphatic rings. The monoisotopic (exact) mass is 277 g/mol. The summed E-state index contributed by atoms with van der Waals surface area (Å²) in [5, 5.41) is 3.72. The first kappa shape index (κ1) is 13.1. The number of fused-ring (bicyclic) bond motifs is 3. The van der Waals surface area contributed by atoms with Crippen LogP contribution in [0.2, 0.25) is 0 Å². The Bertz CT molecular complexity index is 617. The zero-order valence-corrected chi connectivity index (χ0v) is 12.5. The smallest absolute Gasteiger partial charge is 0.0139 e. The second-order valence-electron chi connectivity index (χ2n) is 6.54. The van der Waals surface area contributed by atoms with E-state index in [4.69, 9.17) is 0 Å². The van der Waals surface area contributed by atoms with Crippen LogP contribution in [-0.2, 0) is 12.8 Å². The maximum absolute atomic E-state index is 3.72. The number of benzene rings is 2. The van der Waals surface area contributed by atoms with Gasteiger partial charge in [-0.2, -0.15) is 0 Å². The summed E-state index contributed by atoms with van der Waals surface area (Å²) < 4.78 is 0. The van der Waals surface area contributed by atoms with Gasteiger partial charge >= 0.3 is 0 Å². The molecule has 1 aliphatic carbocycles. The van der Waals surface area contributed by atoms with Crippen molar-refractivity contribution in [3.05, 3.63) is 70.8 Å². The Kier molecular flexibility index (Phi) is 3.52. The van der Waals surface area contributed by atoms with Gasteiger partial charge < -0.3 is 5.32 Å². The van der Waals surface area contributed by atoms with Crippen LogP contribution < -0.4 is 5.32 Å². The molecule has 1 nitrogen and oxygen atoms in total. The molecule has 21 heavy (non-hydrogen) atoms. The zero-order valence-electron chi connectivity index (χ0n) is 12.5. The number of rotatable bonds is 2. The van der Waals surface area contributed by atoms with E-state index in [-0.39, 0.29) is 0 Å². The normalized spacial score (nSPS) is 24.2. The Labute approximate surface area is 127 Å². The number of hydrogen-bond donors (Lipinski definition) is 1. The van der Waals surface area contributed by atoms with E-state index in [9.17, 15) is 0 Å². The summed E-state index contributed by atoms with van der Waals surface area (Å²) in [6.07, 6.45) is 6.30. The third kappa shape index (κ3) is 2.63. The van der Waals surface area contributed by atoms with Gasteiger partial charge in [0.15, 0.2) is 0 Å². The number of aryl methyl sites for hydroxylation is 1. The molecule has 1 heterocycles. The van der Waals surface area contributed by atoms with Crippen LogP contribution >= 0.6 is 0 Å². The molecule has 2 aromatic carbocycles. The predicted octanol–water partition coefficient (Wildman–Crippen LogP) is 4.06. The maximum Gasteiger partial charge on any atom is 0.0139 e. The molecule has 2 atom stereocenters. The molecule has 4 rings (SSSR count). The van der Waals surface area contributed by atoms with Crippen molar-refractivity contribution in [3.63, 3.8) is 0 Å². The molecule has 1 aliphatic heterocycles. The van der Waals surface area contributed by atoms with Crippen LogP contribution in [0.15, 0.2) is 48.5 Å². The van der Waals surface area contributed by atoms with E-state index in [1.165, 1.54) is 43.4 Å². The predicted molar refractivity (Wildman–Crippen MR) is 87.8 cm³/mol. The lowest BCUT2D eigenvalue weighted by molar-refractivity contribution is 0.319. The Morgan fingerprint density at radius 1 is 0.952 bits per heavy atom.